The van der Waals surface area contributed by atoms with Gasteiger partial charge in [0.25, 0.3) is 11.8 Å². The first-order valence-corrected chi connectivity index (χ1v) is 11.4. The number of ether oxygens (including phenoxy) is 1. The van der Waals surface area contributed by atoms with Crippen molar-refractivity contribution in [1.29, 1.82) is 0 Å². The highest BCUT2D eigenvalue weighted by molar-refractivity contribution is 6.02. The van der Waals surface area contributed by atoms with Gasteiger partial charge in [-0.25, -0.2) is 4.98 Å². The van der Waals surface area contributed by atoms with Gasteiger partial charge in [0.2, 0.25) is 5.91 Å². The Balaban J connectivity index is 1.42. The van der Waals surface area contributed by atoms with Gasteiger partial charge in [0.05, 0.1) is 17.7 Å². The molecule has 3 amide bonds. The van der Waals surface area contributed by atoms with Gasteiger partial charge in [-0.1, -0.05) is 0 Å². The van der Waals surface area contributed by atoms with Crippen molar-refractivity contribution in [3.8, 4) is 0 Å². The number of hydrogen-bond acceptors (Lipinski definition) is 7. The normalized spacial score (nSPS) is 21.2. The fourth-order valence-electron chi connectivity index (χ4n) is 4.96. The topological polar surface area (TPSA) is 153 Å². The standard InChI is InChI=1S/C24H30N6O4/c1-34-9-8-27-20-10-14(2-6-19(20)23(26)32)24(33)29-16-11-17-4-5-18(12-16)30(17)21-7-3-15(13-28-21)22(25)31/h2-3,6-7,10,13,16-18,27H,4-5,8-9,11-12H2,1H3,(H2,25,31)(H2,26,32)(H,29,33)/t16?,17-,18+. The van der Waals surface area contributed by atoms with Crippen molar-refractivity contribution >= 4 is 29.2 Å². The Morgan fingerprint density at radius 2 is 1.76 bits per heavy atom. The Hall–Kier alpha value is -3.66. The summed E-state index contributed by atoms with van der Waals surface area (Å²) in [5.41, 5.74) is 12.5. The highest BCUT2D eigenvalue weighted by Gasteiger charge is 2.41. The lowest BCUT2D eigenvalue weighted by atomic mass is 9.96. The third kappa shape index (κ3) is 4.96. The number of anilines is 2. The zero-order chi connectivity index (χ0) is 24.2. The molecule has 1 unspecified atom stereocenters. The zero-order valence-electron chi connectivity index (χ0n) is 19.1. The van der Waals surface area contributed by atoms with Gasteiger partial charge in [0, 0.05) is 49.2 Å². The molecule has 0 saturated carbocycles. The number of pyridine rings is 1. The second kappa shape index (κ2) is 10.1. The molecule has 1 aromatic heterocycles. The summed E-state index contributed by atoms with van der Waals surface area (Å²) in [5, 5.41) is 6.26. The van der Waals surface area contributed by atoms with Crippen LogP contribution in [0.4, 0.5) is 11.5 Å². The van der Waals surface area contributed by atoms with Crippen molar-refractivity contribution in [2.75, 3.05) is 30.5 Å². The van der Waals surface area contributed by atoms with Crippen molar-refractivity contribution in [3.05, 3.63) is 53.2 Å². The minimum Gasteiger partial charge on any atom is -0.383 e. The number of carbonyl (C=O) groups excluding carboxylic acids is 3. The minimum atomic E-state index is -0.562. The molecule has 3 heterocycles. The predicted octanol–water partition coefficient (Wildman–Crippen LogP) is 1.27. The van der Waals surface area contributed by atoms with Gasteiger partial charge in [0.1, 0.15) is 5.82 Å². The molecule has 2 fully saturated rings. The fraction of sp³-hybridized carbons (Fsp3) is 0.417. The second-order valence-corrected chi connectivity index (χ2v) is 8.75. The molecule has 10 nitrogen and oxygen atoms in total. The number of aromatic nitrogens is 1. The van der Waals surface area contributed by atoms with Gasteiger partial charge in [-0.05, 0) is 56.0 Å². The van der Waals surface area contributed by atoms with E-state index in [1.54, 1.807) is 31.4 Å². The summed E-state index contributed by atoms with van der Waals surface area (Å²) in [6.07, 6.45) is 5.17. The second-order valence-electron chi connectivity index (χ2n) is 8.75. The quantitative estimate of drug-likeness (QED) is 0.406. The Labute approximate surface area is 198 Å². The predicted molar refractivity (Wildman–Crippen MR) is 128 cm³/mol. The molecular formula is C24H30N6O4. The molecule has 2 aliphatic rings. The van der Waals surface area contributed by atoms with Gasteiger partial charge in [0.15, 0.2) is 0 Å². The summed E-state index contributed by atoms with van der Waals surface area (Å²) in [6, 6.07) is 8.93. The Morgan fingerprint density at radius 1 is 1.06 bits per heavy atom. The lowest BCUT2D eigenvalue weighted by Crippen LogP contribution is -2.50. The van der Waals surface area contributed by atoms with Gasteiger partial charge < -0.3 is 31.7 Å². The first-order valence-electron chi connectivity index (χ1n) is 11.4. The molecule has 10 heteroatoms. The molecule has 1 aromatic carbocycles. The Bertz CT molecular complexity index is 1060. The summed E-state index contributed by atoms with van der Waals surface area (Å²) in [6.45, 7) is 0.939. The minimum absolute atomic E-state index is 0.0341. The van der Waals surface area contributed by atoms with Crippen molar-refractivity contribution in [1.82, 2.24) is 10.3 Å². The molecule has 0 radical (unpaired) electrons. The number of benzene rings is 1. The van der Waals surface area contributed by atoms with Crippen LogP contribution in [-0.4, -0.2) is 61.1 Å². The van der Waals surface area contributed by atoms with E-state index >= 15 is 0 Å². The van der Waals surface area contributed by atoms with Crippen molar-refractivity contribution < 1.29 is 19.1 Å². The summed E-state index contributed by atoms with van der Waals surface area (Å²) < 4.78 is 5.04. The fourth-order valence-corrected chi connectivity index (χ4v) is 4.96. The number of rotatable bonds is 9. The van der Waals surface area contributed by atoms with Crippen LogP contribution in [0.5, 0.6) is 0 Å². The van der Waals surface area contributed by atoms with E-state index in [4.69, 9.17) is 16.2 Å². The molecule has 0 spiro atoms. The molecule has 6 N–H and O–H groups in total. The molecule has 3 atom stereocenters. The van der Waals surface area contributed by atoms with Gasteiger partial charge in [-0.2, -0.15) is 0 Å². The lowest BCUT2D eigenvalue weighted by Gasteiger charge is -2.40. The summed E-state index contributed by atoms with van der Waals surface area (Å²) in [7, 11) is 1.59. The number of fused-ring (bicyclic) bond motifs is 2. The van der Waals surface area contributed by atoms with Crippen LogP contribution in [0.1, 0.15) is 56.8 Å². The van der Waals surface area contributed by atoms with Crippen LogP contribution >= 0.6 is 0 Å². The number of primary amides is 2. The molecule has 34 heavy (non-hydrogen) atoms. The lowest BCUT2D eigenvalue weighted by molar-refractivity contribution is 0.0924. The zero-order valence-corrected chi connectivity index (χ0v) is 19.1. The third-order valence-electron chi connectivity index (χ3n) is 6.53. The Morgan fingerprint density at radius 3 is 2.35 bits per heavy atom. The van der Waals surface area contributed by atoms with Crippen LogP contribution in [0, 0.1) is 0 Å². The highest BCUT2D eigenvalue weighted by Crippen LogP contribution is 2.38. The number of hydrogen-bond donors (Lipinski definition) is 4. The number of carbonyl (C=O) groups is 3. The van der Waals surface area contributed by atoms with E-state index in [0.29, 0.717) is 35.5 Å². The monoisotopic (exact) mass is 466 g/mol. The van der Waals surface area contributed by atoms with E-state index in [-0.39, 0.29) is 24.0 Å². The van der Waals surface area contributed by atoms with Crippen LogP contribution in [0.3, 0.4) is 0 Å². The van der Waals surface area contributed by atoms with Crippen molar-refractivity contribution in [2.24, 2.45) is 11.5 Å². The first kappa shape index (κ1) is 23.5. The molecular weight excluding hydrogens is 436 g/mol. The molecule has 2 aliphatic heterocycles. The molecule has 2 saturated heterocycles. The smallest absolute Gasteiger partial charge is 0.251 e. The van der Waals surface area contributed by atoms with Gasteiger partial charge >= 0.3 is 0 Å². The largest absolute Gasteiger partial charge is 0.383 e. The maximum atomic E-state index is 13.0. The number of amides is 3. The summed E-state index contributed by atoms with van der Waals surface area (Å²) in [4.78, 5) is 42.8. The maximum absolute atomic E-state index is 13.0. The van der Waals surface area contributed by atoms with E-state index < -0.39 is 11.8 Å². The molecule has 4 rings (SSSR count). The number of nitrogens with one attached hydrogen (secondary N) is 2. The van der Waals surface area contributed by atoms with E-state index in [1.165, 1.54) is 6.20 Å². The third-order valence-corrected chi connectivity index (χ3v) is 6.53. The summed E-state index contributed by atoms with van der Waals surface area (Å²) in [5.74, 6) is -0.415. The molecule has 2 aromatic rings. The number of methoxy groups -OCH3 is 1. The average molecular weight is 467 g/mol. The van der Waals surface area contributed by atoms with E-state index in [9.17, 15) is 14.4 Å². The maximum Gasteiger partial charge on any atom is 0.251 e. The van der Waals surface area contributed by atoms with E-state index in [2.05, 4.69) is 20.5 Å². The van der Waals surface area contributed by atoms with Crippen LogP contribution < -0.4 is 27.0 Å². The van der Waals surface area contributed by atoms with Crippen LogP contribution in [0.2, 0.25) is 0 Å². The van der Waals surface area contributed by atoms with Crippen LogP contribution in [0.25, 0.3) is 0 Å². The van der Waals surface area contributed by atoms with Crippen molar-refractivity contribution in [2.45, 2.75) is 43.8 Å². The van der Waals surface area contributed by atoms with E-state index in [0.717, 1.165) is 31.5 Å². The number of piperidine rings is 1. The molecule has 2 bridgehead atoms. The average Bonchev–Trinajstić information content (AvgIpc) is 3.09. The van der Waals surface area contributed by atoms with Crippen LogP contribution in [0.15, 0.2) is 36.5 Å². The molecule has 0 aliphatic carbocycles. The van der Waals surface area contributed by atoms with Gasteiger partial charge in [-0.3, -0.25) is 14.4 Å². The van der Waals surface area contributed by atoms with E-state index in [1.807, 2.05) is 6.07 Å². The van der Waals surface area contributed by atoms with Gasteiger partial charge in [-0.15, -0.1) is 0 Å². The van der Waals surface area contributed by atoms with Crippen molar-refractivity contribution in [3.63, 3.8) is 0 Å². The number of nitrogens with zero attached hydrogens (tertiary/aromatic N) is 2. The first-order chi connectivity index (χ1) is 16.4. The highest BCUT2D eigenvalue weighted by atomic mass is 16.5. The molecule has 180 valence electrons. The number of nitrogens with two attached hydrogens (primary N) is 2. The van der Waals surface area contributed by atoms with Crippen LogP contribution in [-0.2, 0) is 4.74 Å². The summed E-state index contributed by atoms with van der Waals surface area (Å²) >= 11 is 0. The SMILES string of the molecule is COCCNc1cc(C(=O)NC2C[C@H]3CC[C@@H](C2)N3c2ccc(C(N)=O)cn2)ccc1C(N)=O. The Kier molecular flexibility index (Phi) is 6.97.